The van der Waals surface area contributed by atoms with Gasteiger partial charge < -0.3 is 10.6 Å². The molecule has 1 amide bonds. The molecule has 1 unspecified atom stereocenters. The van der Waals surface area contributed by atoms with Crippen LogP contribution >= 0.6 is 0 Å². The molecular weight excluding hydrogens is 212 g/mol. The van der Waals surface area contributed by atoms with Crippen molar-refractivity contribution in [2.24, 2.45) is 11.1 Å². The predicted octanol–water partition coefficient (Wildman–Crippen LogP) is 2.32. The second-order valence-electron chi connectivity index (χ2n) is 5.30. The molecule has 1 aliphatic rings. The van der Waals surface area contributed by atoms with Gasteiger partial charge in [-0.05, 0) is 26.2 Å². The predicted molar refractivity (Wildman–Crippen MR) is 71.6 cm³/mol. The van der Waals surface area contributed by atoms with Crippen LogP contribution < -0.4 is 5.73 Å². The summed E-state index contributed by atoms with van der Waals surface area (Å²) in [5, 5.41) is 0. The van der Waals surface area contributed by atoms with Gasteiger partial charge in [0, 0.05) is 19.1 Å². The van der Waals surface area contributed by atoms with E-state index in [1.165, 1.54) is 12.8 Å². The fourth-order valence-corrected chi connectivity index (χ4v) is 2.48. The van der Waals surface area contributed by atoms with Crippen LogP contribution in [-0.4, -0.2) is 29.9 Å². The fraction of sp³-hybridized carbons (Fsp3) is 0.786. The SMILES string of the molecule is C=CCN(C(=O)C(C)(CC)CN)C1CCCC1. The summed E-state index contributed by atoms with van der Waals surface area (Å²) in [7, 11) is 0. The number of hydrogen-bond acceptors (Lipinski definition) is 2. The minimum absolute atomic E-state index is 0.203. The molecule has 0 spiro atoms. The second kappa shape index (κ2) is 6.20. The van der Waals surface area contributed by atoms with E-state index in [-0.39, 0.29) is 5.91 Å². The minimum atomic E-state index is -0.411. The van der Waals surface area contributed by atoms with Crippen LogP contribution in [-0.2, 0) is 4.79 Å². The van der Waals surface area contributed by atoms with Crippen molar-refractivity contribution in [3.8, 4) is 0 Å². The van der Waals surface area contributed by atoms with Crippen LogP contribution in [0.2, 0.25) is 0 Å². The molecule has 1 atom stereocenters. The average molecular weight is 238 g/mol. The molecule has 0 aromatic heterocycles. The quantitative estimate of drug-likeness (QED) is 0.722. The number of rotatable bonds is 6. The molecule has 3 heteroatoms. The maximum absolute atomic E-state index is 12.6. The lowest BCUT2D eigenvalue weighted by Gasteiger charge is -2.36. The summed E-state index contributed by atoms with van der Waals surface area (Å²) in [5.74, 6) is 0.203. The van der Waals surface area contributed by atoms with E-state index in [9.17, 15) is 4.79 Å². The van der Waals surface area contributed by atoms with E-state index in [0.29, 0.717) is 19.1 Å². The van der Waals surface area contributed by atoms with Gasteiger partial charge in [0.1, 0.15) is 0 Å². The van der Waals surface area contributed by atoms with Crippen LogP contribution in [0, 0.1) is 5.41 Å². The first-order chi connectivity index (χ1) is 8.09. The van der Waals surface area contributed by atoms with Crippen molar-refractivity contribution in [3.05, 3.63) is 12.7 Å². The van der Waals surface area contributed by atoms with Gasteiger partial charge in [0.25, 0.3) is 0 Å². The Morgan fingerprint density at radius 2 is 2.12 bits per heavy atom. The third-order valence-electron chi connectivity index (χ3n) is 4.10. The van der Waals surface area contributed by atoms with Gasteiger partial charge in [-0.1, -0.05) is 25.8 Å². The highest BCUT2D eigenvalue weighted by atomic mass is 16.2. The summed E-state index contributed by atoms with van der Waals surface area (Å²) in [6.07, 6.45) is 7.34. The van der Waals surface area contributed by atoms with Crippen molar-refractivity contribution in [2.45, 2.75) is 52.0 Å². The van der Waals surface area contributed by atoms with Crippen LogP contribution in [0.1, 0.15) is 46.0 Å². The van der Waals surface area contributed by atoms with Crippen LogP contribution in [0.15, 0.2) is 12.7 Å². The monoisotopic (exact) mass is 238 g/mol. The second-order valence-corrected chi connectivity index (χ2v) is 5.30. The molecule has 0 radical (unpaired) electrons. The van der Waals surface area contributed by atoms with Gasteiger partial charge in [-0.15, -0.1) is 6.58 Å². The Balaban J connectivity index is 2.81. The highest BCUT2D eigenvalue weighted by Crippen LogP contribution is 2.29. The first-order valence-electron chi connectivity index (χ1n) is 6.71. The normalized spacial score (nSPS) is 19.9. The Morgan fingerprint density at radius 1 is 1.53 bits per heavy atom. The smallest absolute Gasteiger partial charge is 0.230 e. The standard InChI is InChI=1S/C14H26N2O/c1-4-10-16(12-8-6-7-9-12)13(17)14(3,5-2)11-15/h4,12H,1,5-11,15H2,2-3H3. The van der Waals surface area contributed by atoms with Crippen LogP contribution in [0.4, 0.5) is 0 Å². The molecule has 1 aliphatic carbocycles. The summed E-state index contributed by atoms with van der Waals surface area (Å²) in [6.45, 7) is 8.84. The molecule has 0 aromatic rings. The van der Waals surface area contributed by atoms with Gasteiger partial charge in [0.2, 0.25) is 5.91 Å². The zero-order valence-electron chi connectivity index (χ0n) is 11.2. The molecule has 0 saturated heterocycles. The first kappa shape index (κ1) is 14.2. The lowest BCUT2D eigenvalue weighted by atomic mass is 9.85. The van der Waals surface area contributed by atoms with Crippen molar-refractivity contribution >= 4 is 5.91 Å². The van der Waals surface area contributed by atoms with E-state index >= 15 is 0 Å². The largest absolute Gasteiger partial charge is 0.335 e. The summed E-state index contributed by atoms with van der Waals surface area (Å²) < 4.78 is 0. The van der Waals surface area contributed by atoms with E-state index in [0.717, 1.165) is 19.3 Å². The zero-order valence-corrected chi connectivity index (χ0v) is 11.2. The molecule has 0 aliphatic heterocycles. The Labute approximate surface area is 105 Å². The lowest BCUT2D eigenvalue weighted by Crippen LogP contribution is -2.49. The van der Waals surface area contributed by atoms with Gasteiger partial charge in [-0.2, -0.15) is 0 Å². The molecule has 1 rings (SSSR count). The summed E-state index contributed by atoms with van der Waals surface area (Å²) in [4.78, 5) is 14.6. The Kier molecular flexibility index (Phi) is 5.19. The fourth-order valence-electron chi connectivity index (χ4n) is 2.48. The molecule has 1 saturated carbocycles. The van der Waals surface area contributed by atoms with Crippen LogP contribution in [0.5, 0.6) is 0 Å². The molecule has 0 heterocycles. The van der Waals surface area contributed by atoms with E-state index < -0.39 is 5.41 Å². The summed E-state index contributed by atoms with van der Waals surface area (Å²) >= 11 is 0. The molecular formula is C14H26N2O. The third-order valence-corrected chi connectivity index (χ3v) is 4.10. The van der Waals surface area contributed by atoms with Gasteiger partial charge in [0.15, 0.2) is 0 Å². The number of carbonyl (C=O) groups is 1. The van der Waals surface area contributed by atoms with Gasteiger partial charge in [-0.25, -0.2) is 0 Å². The molecule has 2 N–H and O–H groups in total. The number of hydrogen-bond donors (Lipinski definition) is 1. The van der Waals surface area contributed by atoms with Gasteiger partial charge >= 0.3 is 0 Å². The molecule has 1 fully saturated rings. The zero-order chi connectivity index (χ0) is 12.9. The maximum Gasteiger partial charge on any atom is 0.230 e. The molecule has 0 bridgehead atoms. The van der Waals surface area contributed by atoms with E-state index in [4.69, 9.17) is 5.73 Å². The molecule has 17 heavy (non-hydrogen) atoms. The highest BCUT2D eigenvalue weighted by Gasteiger charge is 2.36. The maximum atomic E-state index is 12.6. The number of nitrogens with two attached hydrogens (primary N) is 1. The van der Waals surface area contributed by atoms with Gasteiger partial charge in [-0.3, -0.25) is 4.79 Å². The molecule has 98 valence electrons. The Hall–Kier alpha value is -0.830. The van der Waals surface area contributed by atoms with E-state index in [1.54, 1.807) is 0 Å². The van der Waals surface area contributed by atoms with Crippen molar-refractivity contribution in [3.63, 3.8) is 0 Å². The van der Waals surface area contributed by atoms with E-state index in [2.05, 4.69) is 6.58 Å². The third kappa shape index (κ3) is 3.09. The number of nitrogens with zero attached hydrogens (tertiary/aromatic N) is 1. The lowest BCUT2D eigenvalue weighted by molar-refractivity contribution is -0.142. The minimum Gasteiger partial charge on any atom is -0.335 e. The van der Waals surface area contributed by atoms with Crippen molar-refractivity contribution in [2.75, 3.05) is 13.1 Å². The summed E-state index contributed by atoms with van der Waals surface area (Å²) in [5.41, 5.74) is 5.37. The van der Waals surface area contributed by atoms with Crippen molar-refractivity contribution in [1.82, 2.24) is 4.90 Å². The van der Waals surface area contributed by atoms with Crippen molar-refractivity contribution < 1.29 is 4.79 Å². The Morgan fingerprint density at radius 3 is 2.53 bits per heavy atom. The van der Waals surface area contributed by atoms with Crippen molar-refractivity contribution in [1.29, 1.82) is 0 Å². The first-order valence-corrected chi connectivity index (χ1v) is 6.71. The van der Waals surface area contributed by atoms with Gasteiger partial charge in [0.05, 0.1) is 5.41 Å². The van der Waals surface area contributed by atoms with E-state index in [1.807, 2.05) is 24.8 Å². The Bertz CT molecular complexity index is 265. The average Bonchev–Trinajstić information content (AvgIpc) is 2.87. The molecule has 0 aromatic carbocycles. The summed E-state index contributed by atoms with van der Waals surface area (Å²) in [6, 6.07) is 0.401. The topological polar surface area (TPSA) is 46.3 Å². The number of carbonyl (C=O) groups excluding carboxylic acids is 1. The van der Waals surface area contributed by atoms with Crippen LogP contribution in [0.25, 0.3) is 0 Å². The number of amides is 1. The van der Waals surface area contributed by atoms with Crippen LogP contribution in [0.3, 0.4) is 0 Å². The molecule has 3 nitrogen and oxygen atoms in total. The highest BCUT2D eigenvalue weighted by molar-refractivity contribution is 5.83.